The Bertz CT molecular complexity index is 888. The molecule has 0 aromatic carbocycles. The lowest BCUT2D eigenvalue weighted by atomic mass is 10.1. The van der Waals surface area contributed by atoms with Crippen LogP contribution in [0, 0.1) is 0 Å². The number of thiophene rings is 1. The van der Waals surface area contributed by atoms with Gasteiger partial charge in [0.05, 0.1) is 12.7 Å². The maximum Gasteiger partial charge on any atom is 0.420 e. The van der Waals surface area contributed by atoms with Gasteiger partial charge in [-0.05, 0) is 34.0 Å². The molecule has 0 amide bonds. The smallest absolute Gasteiger partial charge is 0.420 e. The van der Waals surface area contributed by atoms with Crippen LogP contribution < -0.4 is 0 Å². The molecule has 0 radical (unpaired) electrons. The highest BCUT2D eigenvalue weighted by Gasteiger charge is 2.36. The van der Waals surface area contributed by atoms with Crippen molar-refractivity contribution in [3.8, 4) is 11.1 Å². The normalized spacial score (nSPS) is 11.9. The summed E-state index contributed by atoms with van der Waals surface area (Å²) in [7, 11) is 1.10. The lowest BCUT2D eigenvalue weighted by molar-refractivity contribution is -0.136. The van der Waals surface area contributed by atoms with Crippen molar-refractivity contribution in [2.75, 3.05) is 7.11 Å². The lowest BCUT2D eigenvalue weighted by Crippen LogP contribution is -2.08. The standard InChI is InChI=1S/C14H8ClF3N2O2S/c1-22-13(21)10-11(15)20-5-8(7-2-3-23-6-7)4-9(12(20)19-10)14(16,17)18/h2-6H,1H3. The van der Waals surface area contributed by atoms with Gasteiger partial charge in [0.15, 0.2) is 11.3 Å². The van der Waals surface area contributed by atoms with E-state index in [-0.39, 0.29) is 10.8 Å². The lowest BCUT2D eigenvalue weighted by Gasteiger charge is -2.10. The van der Waals surface area contributed by atoms with Gasteiger partial charge in [-0.25, -0.2) is 9.78 Å². The molecule has 0 aliphatic heterocycles. The minimum Gasteiger partial charge on any atom is -0.464 e. The van der Waals surface area contributed by atoms with Gasteiger partial charge in [0, 0.05) is 6.20 Å². The monoisotopic (exact) mass is 360 g/mol. The summed E-state index contributed by atoms with van der Waals surface area (Å²) >= 11 is 7.38. The molecule has 3 aromatic heterocycles. The van der Waals surface area contributed by atoms with Gasteiger partial charge in [-0.1, -0.05) is 11.6 Å². The molecule has 120 valence electrons. The van der Waals surface area contributed by atoms with E-state index in [1.807, 2.05) is 0 Å². The SMILES string of the molecule is COC(=O)c1nc2c(C(F)(F)F)cc(-c3ccsc3)cn2c1Cl. The number of carbonyl (C=O) groups excluding carboxylic acids is 1. The number of esters is 1. The van der Waals surface area contributed by atoms with Crippen molar-refractivity contribution in [3.05, 3.63) is 45.5 Å². The number of alkyl halides is 3. The molecule has 0 atom stereocenters. The molecule has 0 unspecified atom stereocenters. The minimum absolute atomic E-state index is 0.227. The summed E-state index contributed by atoms with van der Waals surface area (Å²) in [6.45, 7) is 0. The predicted octanol–water partition coefficient (Wildman–Crippen LogP) is 4.52. The number of aromatic nitrogens is 2. The van der Waals surface area contributed by atoms with E-state index in [1.54, 1.807) is 16.8 Å². The minimum atomic E-state index is -4.64. The number of carbonyl (C=O) groups is 1. The zero-order valence-corrected chi connectivity index (χ0v) is 13.1. The van der Waals surface area contributed by atoms with Crippen molar-refractivity contribution in [2.24, 2.45) is 0 Å². The molecule has 0 aliphatic carbocycles. The second-order valence-corrected chi connectivity index (χ2v) is 5.73. The summed E-state index contributed by atoms with van der Waals surface area (Å²) in [6.07, 6.45) is -3.23. The fourth-order valence-corrected chi connectivity index (χ4v) is 3.05. The number of hydrogen-bond donors (Lipinski definition) is 0. The van der Waals surface area contributed by atoms with Crippen LogP contribution in [0.4, 0.5) is 13.2 Å². The van der Waals surface area contributed by atoms with E-state index in [0.29, 0.717) is 11.1 Å². The number of imidazole rings is 1. The molecular weight excluding hydrogens is 353 g/mol. The molecule has 0 aliphatic rings. The Morgan fingerprint density at radius 2 is 2.13 bits per heavy atom. The van der Waals surface area contributed by atoms with Gasteiger partial charge in [-0.15, -0.1) is 0 Å². The molecule has 3 heterocycles. The topological polar surface area (TPSA) is 43.6 Å². The second kappa shape index (κ2) is 5.54. The first kappa shape index (κ1) is 15.8. The van der Waals surface area contributed by atoms with E-state index in [9.17, 15) is 18.0 Å². The zero-order valence-electron chi connectivity index (χ0n) is 11.5. The van der Waals surface area contributed by atoms with Gasteiger partial charge in [0.1, 0.15) is 5.15 Å². The maximum atomic E-state index is 13.4. The van der Waals surface area contributed by atoms with Gasteiger partial charge in [0.25, 0.3) is 0 Å². The first-order valence-corrected chi connectivity index (χ1v) is 7.54. The summed E-state index contributed by atoms with van der Waals surface area (Å²) in [6, 6.07) is 2.68. The average Bonchev–Trinajstić information content (AvgIpc) is 3.13. The molecule has 0 spiro atoms. The Morgan fingerprint density at radius 1 is 1.39 bits per heavy atom. The Hall–Kier alpha value is -2.06. The summed E-state index contributed by atoms with van der Waals surface area (Å²) in [5.74, 6) is -0.899. The van der Waals surface area contributed by atoms with Crippen molar-refractivity contribution >= 4 is 34.6 Å². The molecule has 0 saturated carbocycles. The van der Waals surface area contributed by atoms with Crippen LogP contribution >= 0.6 is 22.9 Å². The van der Waals surface area contributed by atoms with Crippen molar-refractivity contribution in [1.82, 2.24) is 9.38 Å². The molecule has 0 bridgehead atoms. The molecule has 9 heteroatoms. The number of rotatable bonds is 2. The van der Waals surface area contributed by atoms with Crippen molar-refractivity contribution in [2.45, 2.75) is 6.18 Å². The fraction of sp³-hybridized carbons (Fsp3) is 0.143. The van der Waals surface area contributed by atoms with Crippen LogP contribution in [0.2, 0.25) is 5.15 Å². The Morgan fingerprint density at radius 3 is 2.70 bits per heavy atom. The second-order valence-electron chi connectivity index (χ2n) is 4.59. The summed E-state index contributed by atoms with van der Waals surface area (Å²) < 4.78 is 45.6. The largest absolute Gasteiger partial charge is 0.464 e. The van der Waals surface area contributed by atoms with Gasteiger partial charge >= 0.3 is 12.1 Å². The summed E-state index contributed by atoms with van der Waals surface area (Å²) in [4.78, 5) is 15.3. The molecule has 3 rings (SSSR count). The van der Waals surface area contributed by atoms with Gasteiger partial charge in [0.2, 0.25) is 0 Å². The highest BCUT2D eigenvalue weighted by Crippen LogP contribution is 2.37. The van der Waals surface area contributed by atoms with Crippen molar-refractivity contribution in [3.63, 3.8) is 0 Å². The van der Waals surface area contributed by atoms with Crippen LogP contribution in [-0.4, -0.2) is 22.5 Å². The molecule has 23 heavy (non-hydrogen) atoms. The van der Waals surface area contributed by atoms with E-state index in [4.69, 9.17) is 11.6 Å². The van der Waals surface area contributed by atoms with E-state index in [1.165, 1.54) is 17.5 Å². The van der Waals surface area contributed by atoms with Gasteiger partial charge < -0.3 is 4.74 Å². The van der Waals surface area contributed by atoms with Crippen LogP contribution in [0.15, 0.2) is 29.1 Å². The summed E-state index contributed by atoms with van der Waals surface area (Å²) in [5.41, 5.74) is -0.837. The van der Waals surface area contributed by atoms with Crippen LogP contribution in [0.1, 0.15) is 16.1 Å². The van der Waals surface area contributed by atoms with E-state index < -0.39 is 23.4 Å². The van der Waals surface area contributed by atoms with E-state index >= 15 is 0 Å². The summed E-state index contributed by atoms with van der Waals surface area (Å²) in [5, 5.41) is 3.24. The maximum absolute atomic E-state index is 13.4. The molecule has 0 fully saturated rings. The Balaban J connectivity index is 2.35. The number of ether oxygens (including phenoxy) is 1. The van der Waals surface area contributed by atoms with Crippen LogP contribution in [0.3, 0.4) is 0 Å². The Labute approximate surface area is 137 Å². The highest BCUT2D eigenvalue weighted by atomic mass is 35.5. The van der Waals surface area contributed by atoms with E-state index in [2.05, 4.69) is 9.72 Å². The number of halogens is 4. The third kappa shape index (κ3) is 2.68. The highest BCUT2D eigenvalue weighted by molar-refractivity contribution is 7.08. The predicted molar refractivity (Wildman–Crippen MR) is 79.9 cm³/mol. The molecule has 3 aromatic rings. The Kier molecular flexibility index (Phi) is 3.81. The number of fused-ring (bicyclic) bond motifs is 1. The number of nitrogens with zero attached hydrogens (tertiary/aromatic N) is 2. The van der Waals surface area contributed by atoms with E-state index in [0.717, 1.165) is 17.6 Å². The third-order valence-corrected chi connectivity index (χ3v) is 4.24. The fourth-order valence-electron chi connectivity index (χ4n) is 2.14. The first-order chi connectivity index (χ1) is 10.8. The van der Waals surface area contributed by atoms with Gasteiger partial charge in [-0.3, -0.25) is 4.40 Å². The molecule has 0 N–H and O–H groups in total. The molecule has 0 saturated heterocycles. The number of pyridine rings is 1. The molecular formula is C14H8ClF3N2O2S. The number of methoxy groups -OCH3 is 1. The van der Waals surface area contributed by atoms with Crippen molar-refractivity contribution in [1.29, 1.82) is 0 Å². The molecule has 4 nitrogen and oxygen atoms in total. The van der Waals surface area contributed by atoms with Crippen LogP contribution in [-0.2, 0) is 10.9 Å². The quantitative estimate of drug-likeness (QED) is 0.631. The zero-order chi connectivity index (χ0) is 16.8. The van der Waals surface area contributed by atoms with Crippen LogP contribution in [0.5, 0.6) is 0 Å². The van der Waals surface area contributed by atoms with Crippen LogP contribution in [0.25, 0.3) is 16.8 Å². The number of hydrogen-bond acceptors (Lipinski definition) is 4. The average molecular weight is 361 g/mol. The third-order valence-electron chi connectivity index (χ3n) is 3.20. The first-order valence-electron chi connectivity index (χ1n) is 6.22. The van der Waals surface area contributed by atoms with Crippen molar-refractivity contribution < 1.29 is 22.7 Å². The van der Waals surface area contributed by atoms with Gasteiger partial charge in [-0.2, -0.15) is 24.5 Å².